The third kappa shape index (κ3) is 2.01. The number of hydrogen-bond donors (Lipinski definition) is 1. The van der Waals surface area contributed by atoms with Gasteiger partial charge in [-0.3, -0.25) is 0 Å². The third-order valence-electron chi connectivity index (χ3n) is 1.83. The van der Waals surface area contributed by atoms with E-state index in [1.54, 1.807) is 6.20 Å². The second-order valence-electron chi connectivity index (χ2n) is 3.33. The maximum Gasteiger partial charge on any atom is 0.145 e. The lowest BCUT2D eigenvalue weighted by Crippen LogP contribution is -2.19. The van der Waals surface area contributed by atoms with Crippen molar-refractivity contribution in [1.29, 1.82) is 0 Å². The maximum absolute atomic E-state index is 5.88. The van der Waals surface area contributed by atoms with Crippen LogP contribution in [0.1, 0.15) is 31.4 Å². The van der Waals surface area contributed by atoms with Gasteiger partial charge in [-0.1, -0.05) is 13.8 Å². The van der Waals surface area contributed by atoms with Gasteiger partial charge in [0.25, 0.3) is 0 Å². The number of nitrogens with zero attached hydrogens (tertiary/aromatic N) is 2. The minimum atomic E-state index is -0.0510. The average molecular weight is 165 g/mol. The fourth-order valence-corrected chi connectivity index (χ4v) is 0.927. The summed E-state index contributed by atoms with van der Waals surface area (Å²) in [7, 11) is 0. The summed E-state index contributed by atoms with van der Waals surface area (Å²) in [6.45, 7) is 6.07. The molecule has 1 aromatic heterocycles. The van der Waals surface area contributed by atoms with Crippen molar-refractivity contribution in [1.82, 2.24) is 9.97 Å². The van der Waals surface area contributed by atoms with Crippen molar-refractivity contribution in [3.05, 3.63) is 23.8 Å². The Bertz CT molecular complexity index is 258. The zero-order valence-corrected chi connectivity index (χ0v) is 7.78. The number of aromatic nitrogens is 2. The van der Waals surface area contributed by atoms with E-state index >= 15 is 0 Å². The van der Waals surface area contributed by atoms with Gasteiger partial charge in [-0.05, 0) is 18.9 Å². The highest BCUT2D eigenvalue weighted by atomic mass is 14.9. The summed E-state index contributed by atoms with van der Waals surface area (Å²) in [5, 5.41) is 0. The SMILES string of the molecule is Cc1ccnc(C(N)C(C)C)n1. The molecular weight excluding hydrogens is 150 g/mol. The minimum Gasteiger partial charge on any atom is -0.321 e. The summed E-state index contributed by atoms with van der Waals surface area (Å²) in [6.07, 6.45) is 1.75. The normalized spacial score (nSPS) is 13.4. The molecule has 0 fully saturated rings. The van der Waals surface area contributed by atoms with Crippen LogP contribution in [-0.2, 0) is 0 Å². The van der Waals surface area contributed by atoms with Gasteiger partial charge in [0.1, 0.15) is 5.82 Å². The van der Waals surface area contributed by atoms with E-state index in [1.165, 1.54) is 0 Å². The zero-order valence-electron chi connectivity index (χ0n) is 7.78. The Morgan fingerprint density at radius 2 is 2.08 bits per heavy atom. The molecule has 0 bridgehead atoms. The second-order valence-corrected chi connectivity index (χ2v) is 3.33. The molecule has 1 atom stereocenters. The van der Waals surface area contributed by atoms with Gasteiger partial charge in [0.2, 0.25) is 0 Å². The lowest BCUT2D eigenvalue weighted by molar-refractivity contribution is 0.489. The molecule has 1 unspecified atom stereocenters. The molecule has 0 aliphatic rings. The fraction of sp³-hybridized carbons (Fsp3) is 0.556. The van der Waals surface area contributed by atoms with Crippen molar-refractivity contribution in [2.45, 2.75) is 26.8 Å². The third-order valence-corrected chi connectivity index (χ3v) is 1.83. The van der Waals surface area contributed by atoms with Crippen LogP contribution >= 0.6 is 0 Å². The summed E-state index contributed by atoms with van der Waals surface area (Å²) in [5.41, 5.74) is 6.85. The van der Waals surface area contributed by atoms with E-state index in [4.69, 9.17) is 5.73 Å². The molecule has 0 amide bonds. The molecule has 0 saturated heterocycles. The van der Waals surface area contributed by atoms with E-state index in [1.807, 2.05) is 13.0 Å². The first-order valence-corrected chi connectivity index (χ1v) is 4.16. The lowest BCUT2D eigenvalue weighted by Gasteiger charge is -2.13. The predicted molar refractivity (Wildman–Crippen MR) is 48.5 cm³/mol. The van der Waals surface area contributed by atoms with E-state index < -0.39 is 0 Å². The second kappa shape index (κ2) is 3.63. The highest BCUT2D eigenvalue weighted by molar-refractivity contribution is 5.03. The van der Waals surface area contributed by atoms with Crippen LogP contribution in [0.2, 0.25) is 0 Å². The Kier molecular flexibility index (Phi) is 2.76. The summed E-state index contributed by atoms with van der Waals surface area (Å²) < 4.78 is 0. The molecule has 3 heteroatoms. The first-order valence-electron chi connectivity index (χ1n) is 4.16. The standard InChI is InChI=1S/C9H15N3/c1-6(2)8(10)9-11-5-4-7(3)12-9/h4-6,8H,10H2,1-3H3. The van der Waals surface area contributed by atoms with E-state index in [2.05, 4.69) is 23.8 Å². The van der Waals surface area contributed by atoms with E-state index in [0.29, 0.717) is 5.92 Å². The van der Waals surface area contributed by atoms with Crippen molar-refractivity contribution in [3.63, 3.8) is 0 Å². The van der Waals surface area contributed by atoms with Crippen molar-refractivity contribution in [2.24, 2.45) is 11.7 Å². The van der Waals surface area contributed by atoms with E-state index in [0.717, 1.165) is 11.5 Å². The van der Waals surface area contributed by atoms with Crippen LogP contribution in [0.4, 0.5) is 0 Å². The molecule has 0 aliphatic heterocycles. The van der Waals surface area contributed by atoms with E-state index in [-0.39, 0.29) is 6.04 Å². The van der Waals surface area contributed by atoms with Crippen LogP contribution < -0.4 is 5.73 Å². The molecule has 3 nitrogen and oxygen atoms in total. The van der Waals surface area contributed by atoms with Gasteiger partial charge in [-0.2, -0.15) is 0 Å². The number of nitrogens with two attached hydrogens (primary N) is 1. The highest BCUT2D eigenvalue weighted by Gasteiger charge is 2.12. The van der Waals surface area contributed by atoms with Crippen LogP contribution in [0.25, 0.3) is 0 Å². The molecule has 1 rings (SSSR count). The van der Waals surface area contributed by atoms with Gasteiger partial charge in [0, 0.05) is 11.9 Å². The largest absolute Gasteiger partial charge is 0.321 e. The monoisotopic (exact) mass is 165 g/mol. The molecule has 12 heavy (non-hydrogen) atoms. The topological polar surface area (TPSA) is 51.8 Å². The molecule has 0 spiro atoms. The van der Waals surface area contributed by atoms with Crippen molar-refractivity contribution < 1.29 is 0 Å². The quantitative estimate of drug-likeness (QED) is 0.721. The summed E-state index contributed by atoms with van der Waals surface area (Å²) in [5.74, 6) is 1.12. The maximum atomic E-state index is 5.88. The Balaban J connectivity index is 2.88. The predicted octanol–water partition coefficient (Wildman–Crippen LogP) is 1.44. The first kappa shape index (κ1) is 9.13. The lowest BCUT2D eigenvalue weighted by atomic mass is 10.1. The smallest absolute Gasteiger partial charge is 0.145 e. The van der Waals surface area contributed by atoms with E-state index in [9.17, 15) is 0 Å². The summed E-state index contributed by atoms with van der Waals surface area (Å²) in [6, 6.07) is 1.82. The van der Waals surface area contributed by atoms with Gasteiger partial charge in [0.05, 0.1) is 6.04 Å². The van der Waals surface area contributed by atoms with Gasteiger partial charge in [-0.25, -0.2) is 9.97 Å². The molecule has 1 aromatic rings. The molecule has 1 heterocycles. The minimum absolute atomic E-state index is 0.0510. The van der Waals surface area contributed by atoms with Crippen molar-refractivity contribution >= 4 is 0 Å². The van der Waals surface area contributed by atoms with Gasteiger partial charge in [-0.15, -0.1) is 0 Å². The molecule has 0 aromatic carbocycles. The molecule has 2 N–H and O–H groups in total. The van der Waals surface area contributed by atoms with Crippen LogP contribution in [0.15, 0.2) is 12.3 Å². The van der Waals surface area contributed by atoms with Gasteiger partial charge < -0.3 is 5.73 Å². The van der Waals surface area contributed by atoms with Crippen LogP contribution in [-0.4, -0.2) is 9.97 Å². The van der Waals surface area contributed by atoms with Gasteiger partial charge in [0.15, 0.2) is 0 Å². The Morgan fingerprint density at radius 3 is 2.58 bits per heavy atom. The Morgan fingerprint density at radius 1 is 1.42 bits per heavy atom. The molecule has 66 valence electrons. The summed E-state index contributed by atoms with van der Waals surface area (Å²) >= 11 is 0. The number of hydrogen-bond acceptors (Lipinski definition) is 3. The van der Waals surface area contributed by atoms with Crippen LogP contribution in [0.5, 0.6) is 0 Å². The number of aryl methyl sites for hydroxylation is 1. The summed E-state index contributed by atoms with van der Waals surface area (Å²) in [4.78, 5) is 8.38. The number of rotatable bonds is 2. The fourth-order valence-electron chi connectivity index (χ4n) is 0.927. The van der Waals surface area contributed by atoms with Crippen LogP contribution in [0.3, 0.4) is 0 Å². The Labute approximate surface area is 73.0 Å². The highest BCUT2D eigenvalue weighted by Crippen LogP contribution is 2.13. The zero-order chi connectivity index (χ0) is 9.14. The van der Waals surface area contributed by atoms with Crippen molar-refractivity contribution in [2.75, 3.05) is 0 Å². The van der Waals surface area contributed by atoms with Crippen LogP contribution in [0, 0.1) is 12.8 Å². The molecule has 0 saturated carbocycles. The van der Waals surface area contributed by atoms with Crippen molar-refractivity contribution in [3.8, 4) is 0 Å². The van der Waals surface area contributed by atoms with Gasteiger partial charge >= 0.3 is 0 Å². The molecule has 0 aliphatic carbocycles. The molecular formula is C9H15N3. The first-order chi connectivity index (χ1) is 5.61. The average Bonchev–Trinajstić information content (AvgIpc) is 2.03. The Hall–Kier alpha value is -0.960. The molecule has 0 radical (unpaired) electrons.